The average Bonchev–Trinajstić information content (AvgIpc) is 2.35. The maximum absolute atomic E-state index is 5.77. The van der Waals surface area contributed by atoms with Crippen molar-refractivity contribution in [1.82, 2.24) is 0 Å². The van der Waals surface area contributed by atoms with Gasteiger partial charge in [-0.3, -0.25) is 0 Å². The predicted molar refractivity (Wildman–Crippen MR) is 77.9 cm³/mol. The maximum atomic E-state index is 5.77. The zero-order valence-electron chi connectivity index (χ0n) is 10.2. The maximum Gasteiger partial charge on any atom is 0.0550 e. The van der Waals surface area contributed by atoms with Crippen molar-refractivity contribution >= 4 is 22.7 Å². The SMILES string of the molecule is Nc1ccc(CCc2ccc(N)c(N)c2)cc1N. The van der Waals surface area contributed by atoms with Crippen LogP contribution in [-0.4, -0.2) is 0 Å². The Labute approximate surface area is 107 Å². The van der Waals surface area contributed by atoms with Crippen LogP contribution >= 0.6 is 0 Å². The number of nitrogens with two attached hydrogens (primary N) is 4. The molecule has 0 aliphatic heterocycles. The topological polar surface area (TPSA) is 104 Å². The molecule has 2 aromatic rings. The number of aryl methyl sites for hydroxylation is 2. The van der Waals surface area contributed by atoms with Crippen LogP contribution in [0.5, 0.6) is 0 Å². The number of hydrogen-bond acceptors (Lipinski definition) is 4. The molecule has 0 aliphatic rings. The second-order valence-corrected chi connectivity index (χ2v) is 4.43. The Bertz CT molecular complexity index is 512. The highest BCUT2D eigenvalue weighted by atomic mass is 14.7. The van der Waals surface area contributed by atoms with Crippen molar-refractivity contribution < 1.29 is 0 Å². The van der Waals surface area contributed by atoms with Crippen molar-refractivity contribution in [2.24, 2.45) is 0 Å². The Balaban J connectivity index is 2.06. The van der Waals surface area contributed by atoms with Gasteiger partial charge in [0.15, 0.2) is 0 Å². The molecule has 0 fully saturated rings. The second kappa shape index (κ2) is 4.87. The average molecular weight is 242 g/mol. The molecule has 8 N–H and O–H groups in total. The summed E-state index contributed by atoms with van der Waals surface area (Å²) in [6, 6.07) is 11.5. The third-order valence-corrected chi connectivity index (χ3v) is 3.00. The molecule has 0 aliphatic carbocycles. The molecule has 2 aromatic carbocycles. The zero-order valence-corrected chi connectivity index (χ0v) is 10.2. The summed E-state index contributed by atoms with van der Waals surface area (Å²) in [7, 11) is 0. The van der Waals surface area contributed by atoms with Gasteiger partial charge in [0.1, 0.15) is 0 Å². The van der Waals surface area contributed by atoms with Gasteiger partial charge in [0.05, 0.1) is 22.7 Å². The molecule has 2 rings (SSSR count). The highest BCUT2D eigenvalue weighted by Crippen LogP contribution is 2.20. The molecule has 0 heterocycles. The summed E-state index contributed by atoms with van der Waals surface area (Å²) >= 11 is 0. The fraction of sp³-hybridized carbons (Fsp3) is 0.143. The van der Waals surface area contributed by atoms with Gasteiger partial charge in [-0.15, -0.1) is 0 Å². The number of nitrogen functional groups attached to an aromatic ring is 4. The van der Waals surface area contributed by atoms with E-state index in [1.54, 1.807) is 0 Å². The summed E-state index contributed by atoms with van der Waals surface area (Å²) in [5.74, 6) is 0. The molecule has 0 radical (unpaired) electrons. The molecule has 4 heteroatoms. The van der Waals surface area contributed by atoms with E-state index in [2.05, 4.69) is 0 Å². The fourth-order valence-electron chi connectivity index (χ4n) is 1.85. The van der Waals surface area contributed by atoms with Crippen LogP contribution in [0, 0.1) is 0 Å². The molecular weight excluding hydrogens is 224 g/mol. The quantitative estimate of drug-likeness (QED) is 0.616. The molecule has 0 amide bonds. The Hall–Kier alpha value is -2.36. The van der Waals surface area contributed by atoms with Crippen molar-refractivity contribution in [3.63, 3.8) is 0 Å². The lowest BCUT2D eigenvalue weighted by Crippen LogP contribution is -1.99. The molecule has 0 saturated carbocycles. The molecule has 94 valence electrons. The van der Waals surface area contributed by atoms with Crippen molar-refractivity contribution in [2.45, 2.75) is 12.8 Å². The fourth-order valence-corrected chi connectivity index (χ4v) is 1.85. The van der Waals surface area contributed by atoms with E-state index in [1.807, 2.05) is 36.4 Å². The number of rotatable bonds is 3. The van der Waals surface area contributed by atoms with Crippen LogP contribution in [0.1, 0.15) is 11.1 Å². The first kappa shape index (κ1) is 12.1. The van der Waals surface area contributed by atoms with Gasteiger partial charge in [-0.2, -0.15) is 0 Å². The summed E-state index contributed by atoms with van der Waals surface area (Å²) in [5.41, 5.74) is 27.7. The molecular formula is C14H18N4. The van der Waals surface area contributed by atoms with E-state index < -0.39 is 0 Å². The minimum atomic E-state index is 0.621. The van der Waals surface area contributed by atoms with Crippen LogP contribution in [0.3, 0.4) is 0 Å². The highest BCUT2D eigenvalue weighted by Gasteiger charge is 2.01. The van der Waals surface area contributed by atoms with Crippen molar-refractivity contribution in [1.29, 1.82) is 0 Å². The van der Waals surface area contributed by atoms with Crippen LogP contribution in [-0.2, 0) is 12.8 Å². The van der Waals surface area contributed by atoms with E-state index in [4.69, 9.17) is 22.9 Å². The van der Waals surface area contributed by atoms with E-state index in [9.17, 15) is 0 Å². The first-order valence-corrected chi connectivity index (χ1v) is 5.84. The van der Waals surface area contributed by atoms with E-state index in [0.29, 0.717) is 22.7 Å². The number of anilines is 4. The van der Waals surface area contributed by atoms with E-state index in [0.717, 1.165) is 24.0 Å². The second-order valence-electron chi connectivity index (χ2n) is 4.43. The summed E-state index contributed by atoms with van der Waals surface area (Å²) in [4.78, 5) is 0. The minimum Gasteiger partial charge on any atom is -0.397 e. The van der Waals surface area contributed by atoms with Gasteiger partial charge in [0.2, 0.25) is 0 Å². The monoisotopic (exact) mass is 242 g/mol. The van der Waals surface area contributed by atoms with Crippen LogP contribution < -0.4 is 22.9 Å². The van der Waals surface area contributed by atoms with E-state index >= 15 is 0 Å². The first-order chi connectivity index (χ1) is 8.56. The van der Waals surface area contributed by atoms with Crippen LogP contribution in [0.4, 0.5) is 22.7 Å². The lowest BCUT2D eigenvalue weighted by atomic mass is 10.0. The Morgan fingerprint density at radius 1 is 0.556 bits per heavy atom. The third-order valence-electron chi connectivity index (χ3n) is 3.00. The summed E-state index contributed by atoms with van der Waals surface area (Å²) in [5, 5.41) is 0. The summed E-state index contributed by atoms with van der Waals surface area (Å²) in [6.45, 7) is 0. The van der Waals surface area contributed by atoms with Gasteiger partial charge in [-0.1, -0.05) is 12.1 Å². The zero-order chi connectivity index (χ0) is 13.1. The molecule has 0 spiro atoms. The third kappa shape index (κ3) is 2.66. The molecule has 0 aromatic heterocycles. The summed E-state index contributed by atoms with van der Waals surface area (Å²) in [6.07, 6.45) is 1.79. The Morgan fingerprint density at radius 2 is 0.944 bits per heavy atom. The smallest absolute Gasteiger partial charge is 0.0550 e. The largest absolute Gasteiger partial charge is 0.397 e. The van der Waals surface area contributed by atoms with Gasteiger partial charge in [-0.25, -0.2) is 0 Å². The van der Waals surface area contributed by atoms with E-state index in [1.165, 1.54) is 0 Å². The van der Waals surface area contributed by atoms with Crippen LogP contribution in [0.2, 0.25) is 0 Å². The molecule has 4 nitrogen and oxygen atoms in total. The van der Waals surface area contributed by atoms with Crippen LogP contribution in [0.25, 0.3) is 0 Å². The van der Waals surface area contributed by atoms with Gasteiger partial charge >= 0.3 is 0 Å². The molecule has 0 saturated heterocycles. The molecule has 18 heavy (non-hydrogen) atoms. The van der Waals surface area contributed by atoms with Gasteiger partial charge in [0, 0.05) is 0 Å². The number of benzene rings is 2. The lowest BCUT2D eigenvalue weighted by Gasteiger charge is -2.07. The molecule has 0 unspecified atom stereocenters. The number of hydrogen-bond donors (Lipinski definition) is 4. The van der Waals surface area contributed by atoms with E-state index in [-0.39, 0.29) is 0 Å². The van der Waals surface area contributed by atoms with Crippen molar-refractivity contribution in [2.75, 3.05) is 22.9 Å². The predicted octanol–water partition coefficient (Wildman–Crippen LogP) is 1.80. The van der Waals surface area contributed by atoms with Gasteiger partial charge in [0.25, 0.3) is 0 Å². The lowest BCUT2D eigenvalue weighted by molar-refractivity contribution is 0.962. The Morgan fingerprint density at radius 3 is 1.28 bits per heavy atom. The minimum absolute atomic E-state index is 0.621. The normalized spacial score (nSPS) is 10.4. The molecule has 0 atom stereocenters. The Kier molecular flexibility index (Phi) is 3.28. The van der Waals surface area contributed by atoms with Crippen LogP contribution in [0.15, 0.2) is 36.4 Å². The van der Waals surface area contributed by atoms with Gasteiger partial charge in [-0.05, 0) is 48.2 Å². The van der Waals surface area contributed by atoms with Crippen molar-refractivity contribution in [3.05, 3.63) is 47.5 Å². The molecule has 0 bridgehead atoms. The first-order valence-electron chi connectivity index (χ1n) is 5.84. The van der Waals surface area contributed by atoms with Crippen molar-refractivity contribution in [3.8, 4) is 0 Å². The summed E-state index contributed by atoms with van der Waals surface area (Å²) < 4.78 is 0. The van der Waals surface area contributed by atoms with Gasteiger partial charge < -0.3 is 22.9 Å². The highest BCUT2D eigenvalue weighted by molar-refractivity contribution is 5.65. The standard InChI is InChI=1S/C14H18N4/c15-11-5-3-9(7-13(11)17)1-2-10-4-6-12(16)14(18)8-10/h3-8H,1-2,15-18H2.